The van der Waals surface area contributed by atoms with Crippen LogP contribution in [0.3, 0.4) is 0 Å². The van der Waals surface area contributed by atoms with E-state index in [4.69, 9.17) is 0 Å². The van der Waals surface area contributed by atoms with Gasteiger partial charge >= 0.3 is 0 Å². The summed E-state index contributed by atoms with van der Waals surface area (Å²) in [5.41, 5.74) is -0.653. The van der Waals surface area contributed by atoms with Gasteiger partial charge in [-0.05, 0) is 56.9 Å². The van der Waals surface area contributed by atoms with Gasteiger partial charge in [0.25, 0.3) is 0 Å². The van der Waals surface area contributed by atoms with Crippen LogP contribution < -0.4 is 4.72 Å². The fourth-order valence-electron chi connectivity index (χ4n) is 2.26. The van der Waals surface area contributed by atoms with Crippen molar-refractivity contribution < 1.29 is 13.5 Å². The quantitative estimate of drug-likeness (QED) is 0.882. The summed E-state index contributed by atoms with van der Waals surface area (Å²) in [6.45, 7) is 1.80. The van der Waals surface area contributed by atoms with Gasteiger partial charge in [0, 0.05) is 10.5 Å². The summed E-state index contributed by atoms with van der Waals surface area (Å²) in [6, 6.07) is 6.48. The molecule has 0 amide bonds. The second-order valence-corrected chi connectivity index (χ2v) is 7.98. The standard InChI is InChI=1S/C13H18BrNO3S/c1-13(16)8-6-11(7-9-13)15-19(17,18)12-4-2-10(14)3-5-12/h2-5,11,15-16H,6-9H2,1H3. The summed E-state index contributed by atoms with van der Waals surface area (Å²) >= 11 is 3.28. The van der Waals surface area contributed by atoms with Crippen LogP contribution in [0.15, 0.2) is 33.6 Å². The van der Waals surface area contributed by atoms with E-state index in [-0.39, 0.29) is 10.9 Å². The van der Waals surface area contributed by atoms with E-state index in [2.05, 4.69) is 20.7 Å². The van der Waals surface area contributed by atoms with Gasteiger partial charge in [0.1, 0.15) is 0 Å². The highest BCUT2D eigenvalue weighted by Crippen LogP contribution is 2.28. The van der Waals surface area contributed by atoms with Crippen molar-refractivity contribution in [2.24, 2.45) is 0 Å². The molecule has 0 atom stereocenters. The predicted octanol–water partition coefficient (Wildman–Crippen LogP) is 2.42. The molecule has 1 fully saturated rings. The van der Waals surface area contributed by atoms with Gasteiger partial charge in [-0.1, -0.05) is 15.9 Å². The van der Waals surface area contributed by atoms with Crippen LogP contribution in [-0.4, -0.2) is 25.2 Å². The normalized spacial score (nSPS) is 28.3. The Hall–Kier alpha value is -0.430. The SMILES string of the molecule is CC1(O)CCC(NS(=O)(=O)c2ccc(Br)cc2)CC1. The lowest BCUT2D eigenvalue weighted by Crippen LogP contribution is -2.42. The second-order valence-electron chi connectivity index (χ2n) is 5.35. The van der Waals surface area contributed by atoms with Crippen LogP contribution >= 0.6 is 15.9 Å². The molecular weight excluding hydrogens is 330 g/mol. The lowest BCUT2D eigenvalue weighted by atomic mass is 9.84. The first-order chi connectivity index (χ1) is 8.78. The van der Waals surface area contributed by atoms with Crippen molar-refractivity contribution in [1.82, 2.24) is 4.72 Å². The van der Waals surface area contributed by atoms with E-state index in [1.165, 1.54) is 0 Å². The minimum absolute atomic E-state index is 0.0890. The molecular formula is C13H18BrNO3S. The molecule has 106 valence electrons. The molecule has 0 aliphatic heterocycles. The Morgan fingerprint density at radius 2 is 1.79 bits per heavy atom. The Labute approximate surface area is 122 Å². The molecule has 2 rings (SSSR count). The molecule has 1 saturated carbocycles. The van der Waals surface area contributed by atoms with Crippen molar-refractivity contribution >= 4 is 26.0 Å². The number of halogens is 1. The molecule has 1 aliphatic rings. The Kier molecular flexibility index (Phi) is 4.35. The molecule has 0 radical (unpaired) electrons. The number of sulfonamides is 1. The fourth-order valence-corrected chi connectivity index (χ4v) is 3.83. The van der Waals surface area contributed by atoms with E-state index in [1.54, 1.807) is 31.2 Å². The van der Waals surface area contributed by atoms with E-state index >= 15 is 0 Å². The van der Waals surface area contributed by atoms with E-state index in [1.807, 2.05) is 0 Å². The number of nitrogens with one attached hydrogen (secondary N) is 1. The lowest BCUT2D eigenvalue weighted by Gasteiger charge is -2.33. The van der Waals surface area contributed by atoms with Crippen molar-refractivity contribution in [3.05, 3.63) is 28.7 Å². The van der Waals surface area contributed by atoms with Gasteiger partial charge in [0.05, 0.1) is 10.5 Å². The zero-order valence-corrected chi connectivity index (χ0v) is 13.2. The minimum Gasteiger partial charge on any atom is -0.390 e. The monoisotopic (exact) mass is 347 g/mol. The van der Waals surface area contributed by atoms with Crippen LogP contribution in [0.25, 0.3) is 0 Å². The predicted molar refractivity (Wildman–Crippen MR) is 77.3 cm³/mol. The van der Waals surface area contributed by atoms with Gasteiger partial charge < -0.3 is 5.11 Å². The number of benzene rings is 1. The van der Waals surface area contributed by atoms with Crippen LogP contribution in [0, 0.1) is 0 Å². The van der Waals surface area contributed by atoms with Gasteiger partial charge in [-0.25, -0.2) is 13.1 Å². The van der Waals surface area contributed by atoms with E-state index in [9.17, 15) is 13.5 Å². The summed E-state index contributed by atoms with van der Waals surface area (Å²) in [7, 11) is -3.47. The number of hydrogen-bond acceptors (Lipinski definition) is 3. The zero-order chi connectivity index (χ0) is 14.1. The van der Waals surface area contributed by atoms with Crippen molar-refractivity contribution in [3.63, 3.8) is 0 Å². The Morgan fingerprint density at radius 3 is 2.32 bits per heavy atom. The first-order valence-corrected chi connectivity index (χ1v) is 8.56. The number of hydrogen-bond donors (Lipinski definition) is 2. The van der Waals surface area contributed by atoms with E-state index < -0.39 is 15.6 Å². The average Bonchev–Trinajstić information content (AvgIpc) is 2.32. The van der Waals surface area contributed by atoms with Crippen LogP contribution in [0.2, 0.25) is 0 Å². The highest BCUT2D eigenvalue weighted by Gasteiger charge is 2.30. The van der Waals surface area contributed by atoms with Crippen LogP contribution in [0.1, 0.15) is 32.6 Å². The molecule has 4 nitrogen and oxygen atoms in total. The van der Waals surface area contributed by atoms with E-state index in [0.717, 1.165) is 4.47 Å². The Balaban J connectivity index is 2.04. The number of aliphatic hydroxyl groups is 1. The highest BCUT2D eigenvalue weighted by molar-refractivity contribution is 9.10. The molecule has 0 aromatic heterocycles. The van der Waals surface area contributed by atoms with E-state index in [0.29, 0.717) is 25.7 Å². The summed E-state index contributed by atoms with van der Waals surface area (Å²) in [6.07, 6.45) is 2.59. The molecule has 19 heavy (non-hydrogen) atoms. The first-order valence-electron chi connectivity index (χ1n) is 6.29. The first kappa shape index (κ1) is 15.0. The summed E-state index contributed by atoms with van der Waals surface area (Å²) in [4.78, 5) is 0.271. The Morgan fingerprint density at radius 1 is 1.26 bits per heavy atom. The summed E-state index contributed by atoms with van der Waals surface area (Å²) < 4.78 is 27.9. The summed E-state index contributed by atoms with van der Waals surface area (Å²) in [5, 5.41) is 9.86. The van der Waals surface area contributed by atoms with Gasteiger partial charge in [-0.2, -0.15) is 0 Å². The van der Waals surface area contributed by atoms with Gasteiger partial charge in [-0.3, -0.25) is 0 Å². The maximum Gasteiger partial charge on any atom is 0.240 e. The fraction of sp³-hybridized carbons (Fsp3) is 0.538. The maximum atomic E-state index is 12.2. The Bertz CT molecular complexity index is 530. The molecule has 6 heteroatoms. The van der Waals surface area contributed by atoms with Gasteiger partial charge in [0.2, 0.25) is 10.0 Å². The van der Waals surface area contributed by atoms with Crippen molar-refractivity contribution in [1.29, 1.82) is 0 Å². The van der Waals surface area contributed by atoms with Gasteiger partial charge in [-0.15, -0.1) is 0 Å². The van der Waals surface area contributed by atoms with Crippen molar-refractivity contribution in [2.45, 2.75) is 49.1 Å². The molecule has 0 spiro atoms. The molecule has 0 unspecified atom stereocenters. The molecule has 2 N–H and O–H groups in total. The largest absolute Gasteiger partial charge is 0.390 e. The molecule has 0 saturated heterocycles. The zero-order valence-electron chi connectivity index (χ0n) is 10.8. The topological polar surface area (TPSA) is 66.4 Å². The minimum atomic E-state index is -3.47. The smallest absolute Gasteiger partial charge is 0.240 e. The number of rotatable bonds is 3. The third-order valence-corrected chi connectivity index (χ3v) is 5.57. The molecule has 1 aromatic rings. The molecule has 0 heterocycles. The molecule has 1 aliphatic carbocycles. The third kappa shape index (κ3) is 4.02. The van der Waals surface area contributed by atoms with Gasteiger partial charge in [0.15, 0.2) is 0 Å². The van der Waals surface area contributed by atoms with Crippen molar-refractivity contribution in [2.75, 3.05) is 0 Å². The average molecular weight is 348 g/mol. The van der Waals surface area contributed by atoms with Crippen LogP contribution in [0.5, 0.6) is 0 Å². The molecule has 1 aromatic carbocycles. The second kappa shape index (κ2) is 5.52. The third-order valence-electron chi connectivity index (χ3n) is 3.51. The highest BCUT2D eigenvalue weighted by atomic mass is 79.9. The lowest BCUT2D eigenvalue weighted by molar-refractivity contribution is 0.0163. The molecule has 0 bridgehead atoms. The summed E-state index contributed by atoms with van der Waals surface area (Å²) in [5.74, 6) is 0. The van der Waals surface area contributed by atoms with Crippen LogP contribution in [0.4, 0.5) is 0 Å². The van der Waals surface area contributed by atoms with Crippen molar-refractivity contribution in [3.8, 4) is 0 Å². The van der Waals surface area contributed by atoms with Crippen LogP contribution in [-0.2, 0) is 10.0 Å². The maximum absolute atomic E-state index is 12.2.